The Kier molecular flexibility index (Phi) is 5.18. The van der Waals surface area contributed by atoms with Crippen molar-refractivity contribution >= 4 is 18.2 Å². The summed E-state index contributed by atoms with van der Waals surface area (Å²) in [7, 11) is 0. The van der Waals surface area contributed by atoms with Crippen LogP contribution in [-0.2, 0) is 4.79 Å². The number of Topliss-reactive ketones (excluding diaryl/α,β-unsaturated/α-hetero) is 1. The van der Waals surface area contributed by atoms with Crippen LogP contribution in [0.5, 0.6) is 0 Å². The highest BCUT2D eigenvalue weighted by Gasteiger charge is 2.53. The molecule has 4 bridgehead atoms. The van der Waals surface area contributed by atoms with Gasteiger partial charge in [0.1, 0.15) is 5.78 Å². The van der Waals surface area contributed by atoms with Gasteiger partial charge in [-0.3, -0.25) is 4.79 Å². The van der Waals surface area contributed by atoms with Crippen LogP contribution in [0.2, 0.25) is 0 Å². The molecule has 0 aromatic rings. The van der Waals surface area contributed by atoms with Crippen LogP contribution in [0.4, 0.5) is 0 Å². The first-order valence-corrected chi connectivity index (χ1v) is 8.41. The van der Waals surface area contributed by atoms with Crippen LogP contribution in [0, 0.1) is 23.2 Å². The van der Waals surface area contributed by atoms with E-state index in [9.17, 15) is 4.79 Å². The molecule has 0 unspecified atom stereocenters. The van der Waals surface area contributed by atoms with Crippen molar-refractivity contribution in [3.8, 4) is 0 Å². The monoisotopic (exact) mass is 299 g/mol. The highest BCUT2D eigenvalue weighted by molar-refractivity contribution is 5.85. The standard InChI is InChI=1S/C17H29NO.ClH/c1-3-18(4-2)6-5-16(19)17-10-13-7-14(11-17)9-15(8-13)12-17;/h13-15H,3-12H2,1-2H3;1H. The molecule has 0 atom stereocenters. The minimum Gasteiger partial charge on any atom is -0.303 e. The number of hydrogen-bond acceptors (Lipinski definition) is 2. The number of rotatable bonds is 6. The lowest BCUT2D eigenvalue weighted by molar-refractivity contribution is -0.144. The molecule has 0 N–H and O–H groups in total. The van der Waals surface area contributed by atoms with E-state index in [2.05, 4.69) is 18.7 Å². The van der Waals surface area contributed by atoms with Crippen molar-refractivity contribution in [2.75, 3.05) is 19.6 Å². The van der Waals surface area contributed by atoms with Crippen LogP contribution in [-0.4, -0.2) is 30.3 Å². The van der Waals surface area contributed by atoms with Gasteiger partial charge >= 0.3 is 0 Å². The summed E-state index contributed by atoms with van der Waals surface area (Å²) in [5.74, 6) is 3.29. The molecule has 0 aromatic carbocycles. The quantitative estimate of drug-likeness (QED) is 0.741. The number of hydrogen-bond donors (Lipinski definition) is 0. The third-order valence-electron chi connectivity index (χ3n) is 6.18. The number of nitrogens with zero attached hydrogens (tertiary/aromatic N) is 1. The number of carbonyl (C=O) groups is 1. The summed E-state index contributed by atoms with van der Waals surface area (Å²) in [5, 5.41) is 0. The molecule has 0 amide bonds. The fourth-order valence-corrected chi connectivity index (χ4v) is 5.52. The van der Waals surface area contributed by atoms with E-state index >= 15 is 0 Å². The van der Waals surface area contributed by atoms with Crippen molar-refractivity contribution in [1.29, 1.82) is 0 Å². The highest BCUT2D eigenvalue weighted by atomic mass is 35.5. The molecule has 4 rings (SSSR count). The lowest BCUT2D eigenvalue weighted by atomic mass is 9.48. The Morgan fingerprint density at radius 2 is 1.45 bits per heavy atom. The molecule has 4 aliphatic carbocycles. The molecule has 0 radical (unpaired) electrons. The summed E-state index contributed by atoms with van der Waals surface area (Å²) in [5.41, 5.74) is 0.127. The van der Waals surface area contributed by atoms with Crippen molar-refractivity contribution < 1.29 is 4.79 Å². The Morgan fingerprint density at radius 3 is 1.85 bits per heavy atom. The molecule has 2 nitrogen and oxygen atoms in total. The molecular weight excluding hydrogens is 270 g/mol. The van der Waals surface area contributed by atoms with Crippen molar-refractivity contribution in [3.63, 3.8) is 0 Å². The minimum atomic E-state index is 0. The van der Waals surface area contributed by atoms with Crippen LogP contribution in [0.15, 0.2) is 0 Å². The van der Waals surface area contributed by atoms with E-state index in [1.54, 1.807) is 0 Å². The zero-order chi connectivity index (χ0) is 13.5. The lowest BCUT2D eigenvalue weighted by Crippen LogP contribution is -2.50. The molecule has 0 spiro atoms. The summed E-state index contributed by atoms with van der Waals surface area (Å²) in [4.78, 5) is 15.2. The molecule has 3 heteroatoms. The van der Waals surface area contributed by atoms with Gasteiger partial charge in [-0.25, -0.2) is 0 Å². The lowest BCUT2D eigenvalue weighted by Gasteiger charge is -2.56. The van der Waals surface area contributed by atoms with Crippen LogP contribution in [0.3, 0.4) is 0 Å². The summed E-state index contributed by atoms with van der Waals surface area (Å²) in [6, 6.07) is 0. The van der Waals surface area contributed by atoms with Gasteiger partial charge in [0.2, 0.25) is 0 Å². The minimum absolute atomic E-state index is 0. The first-order chi connectivity index (χ1) is 9.15. The molecule has 4 fully saturated rings. The maximum Gasteiger partial charge on any atom is 0.140 e. The van der Waals surface area contributed by atoms with E-state index in [1.165, 1.54) is 38.5 Å². The summed E-state index contributed by atoms with van der Waals surface area (Å²) < 4.78 is 0. The molecule has 0 aromatic heterocycles. The number of halogens is 1. The van der Waals surface area contributed by atoms with E-state index < -0.39 is 0 Å². The van der Waals surface area contributed by atoms with E-state index in [1.807, 2.05) is 0 Å². The highest BCUT2D eigenvalue weighted by Crippen LogP contribution is 2.60. The Hall–Kier alpha value is -0.0800. The topological polar surface area (TPSA) is 20.3 Å². The fraction of sp³-hybridized carbons (Fsp3) is 0.941. The van der Waals surface area contributed by atoms with E-state index in [0.717, 1.165) is 43.8 Å². The van der Waals surface area contributed by atoms with Crippen LogP contribution in [0.1, 0.15) is 58.8 Å². The van der Waals surface area contributed by atoms with Crippen LogP contribution < -0.4 is 0 Å². The van der Waals surface area contributed by atoms with Crippen molar-refractivity contribution in [2.45, 2.75) is 58.8 Å². The first kappa shape index (κ1) is 16.3. The van der Waals surface area contributed by atoms with Gasteiger partial charge < -0.3 is 4.90 Å². The van der Waals surface area contributed by atoms with Crippen LogP contribution >= 0.6 is 12.4 Å². The fourth-order valence-electron chi connectivity index (χ4n) is 5.52. The maximum absolute atomic E-state index is 12.8. The molecule has 4 aliphatic rings. The molecule has 0 saturated heterocycles. The normalized spacial score (nSPS) is 38.0. The second kappa shape index (κ2) is 6.36. The Morgan fingerprint density at radius 1 is 1.00 bits per heavy atom. The van der Waals surface area contributed by atoms with Crippen molar-refractivity contribution in [3.05, 3.63) is 0 Å². The van der Waals surface area contributed by atoms with Gasteiger partial charge in [-0.2, -0.15) is 0 Å². The van der Waals surface area contributed by atoms with Gasteiger partial charge in [-0.05, 0) is 69.4 Å². The second-order valence-electron chi connectivity index (χ2n) is 7.40. The second-order valence-corrected chi connectivity index (χ2v) is 7.40. The summed E-state index contributed by atoms with van der Waals surface area (Å²) in [6.07, 6.45) is 8.80. The van der Waals surface area contributed by atoms with Gasteiger partial charge in [0.15, 0.2) is 0 Å². The number of ketones is 1. The summed E-state index contributed by atoms with van der Waals surface area (Å²) >= 11 is 0. The average molecular weight is 300 g/mol. The van der Waals surface area contributed by atoms with Gasteiger partial charge in [0.25, 0.3) is 0 Å². The van der Waals surface area contributed by atoms with E-state index in [-0.39, 0.29) is 17.8 Å². The first-order valence-electron chi connectivity index (χ1n) is 8.41. The smallest absolute Gasteiger partial charge is 0.140 e. The largest absolute Gasteiger partial charge is 0.303 e. The zero-order valence-corrected chi connectivity index (χ0v) is 13.9. The maximum atomic E-state index is 12.8. The third-order valence-corrected chi connectivity index (χ3v) is 6.18. The molecule has 20 heavy (non-hydrogen) atoms. The zero-order valence-electron chi connectivity index (χ0n) is 13.1. The average Bonchev–Trinajstić information content (AvgIpc) is 2.38. The molecule has 0 heterocycles. The molecule has 4 saturated carbocycles. The molecule has 116 valence electrons. The third kappa shape index (κ3) is 2.92. The Balaban J connectivity index is 0.00000147. The van der Waals surface area contributed by atoms with Crippen molar-refractivity contribution in [2.24, 2.45) is 23.2 Å². The Bertz CT molecular complexity index is 316. The van der Waals surface area contributed by atoms with Crippen molar-refractivity contribution in [1.82, 2.24) is 4.90 Å². The number of carbonyl (C=O) groups excluding carboxylic acids is 1. The van der Waals surface area contributed by atoms with E-state index in [0.29, 0.717) is 5.78 Å². The van der Waals surface area contributed by atoms with E-state index in [4.69, 9.17) is 0 Å². The predicted molar refractivity (Wildman–Crippen MR) is 85.3 cm³/mol. The van der Waals surface area contributed by atoms with Gasteiger partial charge in [0, 0.05) is 18.4 Å². The molecule has 0 aliphatic heterocycles. The van der Waals surface area contributed by atoms with Gasteiger partial charge in [-0.15, -0.1) is 12.4 Å². The van der Waals surface area contributed by atoms with Gasteiger partial charge in [0.05, 0.1) is 0 Å². The predicted octanol–water partition coefficient (Wildman–Crippen LogP) is 3.93. The summed E-state index contributed by atoms with van der Waals surface area (Å²) in [6.45, 7) is 7.51. The van der Waals surface area contributed by atoms with Crippen LogP contribution in [0.25, 0.3) is 0 Å². The Labute approximate surface area is 130 Å². The SMILES string of the molecule is CCN(CC)CCC(=O)C12CC3CC(CC(C3)C1)C2.Cl. The van der Waals surface area contributed by atoms with Gasteiger partial charge in [-0.1, -0.05) is 13.8 Å². The molecular formula is C17H30ClNO.